The van der Waals surface area contributed by atoms with Gasteiger partial charge >= 0.3 is 5.97 Å². The van der Waals surface area contributed by atoms with Crippen molar-refractivity contribution in [3.05, 3.63) is 92.6 Å². The lowest BCUT2D eigenvalue weighted by Crippen LogP contribution is -2.15. The number of nitrogens with one attached hydrogen (secondary N) is 1. The van der Waals surface area contributed by atoms with Crippen molar-refractivity contribution in [3.63, 3.8) is 0 Å². The van der Waals surface area contributed by atoms with Gasteiger partial charge in [0.1, 0.15) is 11.3 Å². The molecular weight excluding hydrogens is 423 g/mol. The fourth-order valence-electron chi connectivity index (χ4n) is 3.84. The first-order valence-corrected chi connectivity index (χ1v) is 10.3. The first-order chi connectivity index (χ1) is 15.7. The molecule has 2 aromatic heterocycles. The number of fused-ring (bicyclic) bond motifs is 1. The molecule has 0 aliphatic rings. The van der Waals surface area contributed by atoms with Crippen LogP contribution in [0.1, 0.15) is 45.8 Å². The van der Waals surface area contributed by atoms with Crippen molar-refractivity contribution < 1.29 is 18.7 Å². The van der Waals surface area contributed by atoms with Crippen molar-refractivity contribution >= 4 is 22.6 Å². The third-order valence-corrected chi connectivity index (χ3v) is 5.46. The molecule has 0 saturated heterocycles. The molecule has 2 heterocycles. The van der Waals surface area contributed by atoms with E-state index in [9.17, 15) is 19.1 Å². The number of aryl methyl sites for hydroxylation is 2. The predicted octanol–water partition coefficient (Wildman–Crippen LogP) is 5.39. The van der Waals surface area contributed by atoms with Gasteiger partial charge in [0, 0.05) is 16.8 Å². The van der Waals surface area contributed by atoms with E-state index in [1.54, 1.807) is 32.0 Å². The number of benzene rings is 1. The zero-order chi connectivity index (χ0) is 23.9. The van der Waals surface area contributed by atoms with Crippen LogP contribution in [0.5, 0.6) is 0 Å². The first-order valence-electron chi connectivity index (χ1n) is 10.3. The number of rotatable bonds is 5. The van der Waals surface area contributed by atoms with E-state index in [-0.39, 0.29) is 28.0 Å². The third kappa shape index (κ3) is 4.03. The third-order valence-electron chi connectivity index (χ3n) is 5.46. The molecule has 0 saturated carbocycles. The Morgan fingerprint density at radius 1 is 1.21 bits per heavy atom. The Morgan fingerprint density at radius 3 is 2.67 bits per heavy atom. The summed E-state index contributed by atoms with van der Waals surface area (Å²) in [7, 11) is 0. The second-order valence-electron chi connectivity index (χ2n) is 7.97. The molecule has 0 radical (unpaired) electrons. The van der Waals surface area contributed by atoms with Gasteiger partial charge in [0.25, 0.3) is 0 Å². The molecule has 0 amide bonds. The first kappa shape index (κ1) is 22.0. The summed E-state index contributed by atoms with van der Waals surface area (Å²) in [5.74, 6) is -1.70. The Balaban J connectivity index is 1.90. The zero-order valence-corrected chi connectivity index (χ0v) is 18.5. The van der Waals surface area contributed by atoms with Crippen LogP contribution in [-0.2, 0) is 0 Å². The van der Waals surface area contributed by atoms with Gasteiger partial charge in [-0.1, -0.05) is 12.1 Å². The molecule has 7 heteroatoms. The van der Waals surface area contributed by atoms with Crippen LogP contribution < -0.4 is 10.7 Å². The number of carbonyl (C=O) groups is 1. The number of nitrogens with zero attached hydrogens (tertiary/aromatic N) is 1. The Hall–Kier alpha value is -4.18. The summed E-state index contributed by atoms with van der Waals surface area (Å²) >= 11 is 0. The number of carboxylic acids is 1. The van der Waals surface area contributed by atoms with E-state index < -0.39 is 17.8 Å². The lowest BCUT2D eigenvalue weighted by Gasteiger charge is -2.19. The molecule has 4 rings (SSSR count). The smallest absolute Gasteiger partial charge is 0.356 e. The Labute approximate surface area is 189 Å². The molecule has 6 nitrogen and oxygen atoms in total. The molecule has 0 bridgehead atoms. The highest BCUT2D eigenvalue weighted by atomic mass is 19.1. The second-order valence-corrected chi connectivity index (χ2v) is 7.97. The van der Waals surface area contributed by atoms with E-state index >= 15 is 0 Å². The largest absolute Gasteiger partial charge is 0.476 e. The maximum atomic E-state index is 14.4. The molecule has 1 unspecified atom stereocenters. The zero-order valence-electron chi connectivity index (χ0n) is 18.5. The van der Waals surface area contributed by atoms with Crippen molar-refractivity contribution in [3.8, 4) is 11.3 Å². The molecule has 33 heavy (non-hydrogen) atoms. The standard InChI is InChI=1S/C26H21FN2O4/c1-13-11-18(16(4)29-21-10-9-14(2)28-22(21)26(31)32)25-19(12-13)23(30)15(3)24(33-25)17-7-5-6-8-20(17)27/h5,7,9-12,16,29H,1-4H3,(H,31,32). The van der Waals surface area contributed by atoms with Crippen molar-refractivity contribution in [1.29, 1.82) is 0 Å². The molecule has 166 valence electrons. The summed E-state index contributed by atoms with van der Waals surface area (Å²) in [4.78, 5) is 29.0. The summed E-state index contributed by atoms with van der Waals surface area (Å²) in [5, 5.41) is 13.1. The van der Waals surface area contributed by atoms with Crippen LogP contribution in [0.2, 0.25) is 0 Å². The van der Waals surface area contributed by atoms with Gasteiger partial charge in [-0.15, -0.1) is 0 Å². The van der Waals surface area contributed by atoms with Crippen LogP contribution in [0.15, 0.2) is 45.6 Å². The van der Waals surface area contributed by atoms with Gasteiger partial charge in [0.15, 0.2) is 16.9 Å². The molecule has 0 aliphatic heterocycles. The number of halogens is 1. The van der Waals surface area contributed by atoms with Crippen LogP contribution in [0.25, 0.3) is 22.3 Å². The Bertz CT molecular complexity index is 1460. The van der Waals surface area contributed by atoms with Gasteiger partial charge in [-0.2, -0.15) is 4.39 Å². The molecule has 1 atom stereocenters. The molecule has 4 aromatic rings. The van der Waals surface area contributed by atoms with Crippen LogP contribution >= 0.6 is 0 Å². The molecule has 0 spiro atoms. The van der Waals surface area contributed by atoms with Crippen molar-refractivity contribution in [2.75, 3.05) is 5.32 Å². The van der Waals surface area contributed by atoms with E-state index in [1.807, 2.05) is 19.9 Å². The number of aromatic carboxylic acids is 1. The number of carboxylic acid groups (broad SMARTS) is 1. The Morgan fingerprint density at radius 2 is 1.97 bits per heavy atom. The predicted molar refractivity (Wildman–Crippen MR) is 123 cm³/mol. The highest BCUT2D eigenvalue weighted by Crippen LogP contribution is 2.33. The number of hydrogen-bond acceptors (Lipinski definition) is 5. The normalized spacial score (nSPS) is 11.8. The SMILES string of the molecule is Cc1cc(C(C)Nc2ccc(C)nc2C(=O)O)c2oc(-c3ccc#cc3F)c(C)c(=O)c2c1. The molecule has 2 aromatic carbocycles. The second kappa shape index (κ2) is 8.40. The Kier molecular flexibility index (Phi) is 5.60. The number of pyridine rings is 1. The fourth-order valence-corrected chi connectivity index (χ4v) is 3.84. The molecule has 0 aliphatic carbocycles. The van der Waals surface area contributed by atoms with Crippen LogP contribution in [0.4, 0.5) is 10.1 Å². The minimum absolute atomic E-state index is 0.102. The summed E-state index contributed by atoms with van der Waals surface area (Å²) in [6, 6.07) is 14.4. The van der Waals surface area contributed by atoms with E-state index in [0.717, 1.165) is 5.56 Å². The average Bonchev–Trinajstić information content (AvgIpc) is 2.77. The maximum Gasteiger partial charge on any atom is 0.356 e. The van der Waals surface area contributed by atoms with Crippen LogP contribution in [-0.4, -0.2) is 16.1 Å². The van der Waals surface area contributed by atoms with Gasteiger partial charge in [-0.25, -0.2) is 9.78 Å². The summed E-state index contributed by atoms with van der Waals surface area (Å²) in [5.41, 5.74) is 2.72. The summed E-state index contributed by atoms with van der Waals surface area (Å²) < 4.78 is 20.6. The minimum Gasteiger partial charge on any atom is -0.476 e. The number of aromatic nitrogens is 1. The van der Waals surface area contributed by atoms with Gasteiger partial charge in [-0.05, 0) is 69.7 Å². The van der Waals surface area contributed by atoms with E-state index in [1.165, 1.54) is 12.1 Å². The minimum atomic E-state index is -1.15. The highest BCUT2D eigenvalue weighted by molar-refractivity contribution is 5.92. The maximum absolute atomic E-state index is 14.4. The van der Waals surface area contributed by atoms with Gasteiger partial charge < -0.3 is 14.8 Å². The van der Waals surface area contributed by atoms with Crippen LogP contribution in [0, 0.1) is 38.7 Å². The van der Waals surface area contributed by atoms with Crippen molar-refractivity contribution in [1.82, 2.24) is 4.98 Å². The topological polar surface area (TPSA) is 92.4 Å². The van der Waals surface area contributed by atoms with E-state index in [2.05, 4.69) is 22.4 Å². The number of anilines is 1. The lowest BCUT2D eigenvalue weighted by molar-refractivity contribution is 0.0691. The van der Waals surface area contributed by atoms with Crippen LogP contribution in [0.3, 0.4) is 0 Å². The summed E-state index contributed by atoms with van der Waals surface area (Å²) in [6.07, 6.45) is 0. The number of hydrogen-bond donors (Lipinski definition) is 2. The van der Waals surface area contributed by atoms with E-state index in [4.69, 9.17) is 4.42 Å². The lowest BCUT2D eigenvalue weighted by atomic mass is 9.98. The van der Waals surface area contributed by atoms with Gasteiger partial charge in [0.05, 0.1) is 22.7 Å². The van der Waals surface area contributed by atoms with Crippen molar-refractivity contribution in [2.45, 2.75) is 33.7 Å². The quantitative estimate of drug-likeness (QED) is 0.429. The van der Waals surface area contributed by atoms with Crippen molar-refractivity contribution in [2.24, 2.45) is 0 Å². The summed E-state index contributed by atoms with van der Waals surface area (Å²) in [6.45, 7) is 6.99. The molecular formula is C26H21FN2O4. The highest BCUT2D eigenvalue weighted by Gasteiger charge is 2.21. The van der Waals surface area contributed by atoms with E-state index in [0.29, 0.717) is 27.9 Å². The molecule has 2 N–H and O–H groups in total. The monoisotopic (exact) mass is 444 g/mol. The fraction of sp³-hybridized carbons (Fsp3) is 0.192. The molecule has 0 fully saturated rings. The average molecular weight is 444 g/mol. The van der Waals surface area contributed by atoms with Gasteiger partial charge in [-0.3, -0.25) is 4.79 Å². The van der Waals surface area contributed by atoms with Gasteiger partial charge in [0.2, 0.25) is 0 Å².